The molecule has 4 nitrogen and oxygen atoms in total. The summed E-state index contributed by atoms with van der Waals surface area (Å²) >= 11 is 0. The van der Waals surface area contributed by atoms with Crippen LogP contribution >= 0.6 is 0 Å². The van der Waals surface area contributed by atoms with E-state index in [1.54, 1.807) is 6.92 Å². The predicted octanol–water partition coefficient (Wildman–Crippen LogP) is 2.25. The molecule has 0 spiro atoms. The minimum atomic E-state index is -2.95. The molecule has 0 amide bonds. The van der Waals surface area contributed by atoms with Gasteiger partial charge >= 0.3 is 0 Å². The van der Waals surface area contributed by atoms with Gasteiger partial charge in [0, 0.05) is 12.3 Å². The zero-order valence-corrected chi connectivity index (χ0v) is 13.4. The van der Waals surface area contributed by atoms with Crippen LogP contribution in [0, 0.1) is 5.92 Å². The van der Waals surface area contributed by atoms with Crippen LogP contribution in [0.2, 0.25) is 0 Å². The number of rotatable bonds is 9. The van der Waals surface area contributed by atoms with Crippen molar-refractivity contribution in [3.63, 3.8) is 0 Å². The molecule has 1 N–H and O–H groups in total. The van der Waals surface area contributed by atoms with Gasteiger partial charge in [-0.2, -0.15) is 0 Å². The smallest absolute Gasteiger partial charge is 0.153 e. The van der Waals surface area contributed by atoms with Gasteiger partial charge in [0.05, 0.1) is 5.75 Å². The van der Waals surface area contributed by atoms with E-state index in [1.165, 1.54) is 5.56 Å². The summed E-state index contributed by atoms with van der Waals surface area (Å²) < 4.78 is 28.1. The molecule has 0 aliphatic heterocycles. The van der Waals surface area contributed by atoms with Crippen LogP contribution in [0.3, 0.4) is 0 Å². The van der Waals surface area contributed by atoms with Gasteiger partial charge in [-0.15, -0.1) is 0 Å². The monoisotopic (exact) mass is 299 g/mol. The maximum atomic E-state index is 11.3. The highest BCUT2D eigenvalue weighted by Gasteiger charge is 2.07. The number of nitrogens with one attached hydrogen (secondary N) is 1. The highest BCUT2D eigenvalue weighted by atomic mass is 32.2. The van der Waals surface area contributed by atoms with Crippen LogP contribution in [0.1, 0.15) is 26.3 Å². The van der Waals surface area contributed by atoms with Crippen molar-refractivity contribution in [2.75, 3.05) is 24.7 Å². The van der Waals surface area contributed by atoms with E-state index in [9.17, 15) is 8.42 Å². The maximum absolute atomic E-state index is 11.3. The summed E-state index contributed by atoms with van der Waals surface area (Å²) in [6.07, 6.45) is 0. The van der Waals surface area contributed by atoms with Gasteiger partial charge in [0.2, 0.25) is 0 Å². The molecule has 1 rings (SSSR count). The van der Waals surface area contributed by atoms with E-state index in [2.05, 4.69) is 19.2 Å². The van der Waals surface area contributed by atoms with Crippen LogP contribution in [0.4, 0.5) is 0 Å². The van der Waals surface area contributed by atoms with Crippen LogP contribution in [-0.2, 0) is 16.4 Å². The number of hydrogen-bond donors (Lipinski definition) is 1. The van der Waals surface area contributed by atoms with E-state index >= 15 is 0 Å². The van der Waals surface area contributed by atoms with Gasteiger partial charge < -0.3 is 10.1 Å². The molecular weight excluding hydrogens is 274 g/mol. The van der Waals surface area contributed by atoms with E-state index in [1.807, 2.05) is 24.3 Å². The normalized spacial score (nSPS) is 11.8. The predicted molar refractivity (Wildman–Crippen MR) is 82.8 cm³/mol. The number of ether oxygens (including phenoxy) is 1. The van der Waals surface area contributed by atoms with Crippen molar-refractivity contribution in [1.29, 1.82) is 0 Å². The average Bonchev–Trinajstić information content (AvgIpc) is 2.40. The van der Waals surface area contributed by atoms with Crippen molar-refractivity contribution in [2.45, 2.75) is 27.3 Å². The van der Waals surface area contributed by atoms with Crippen molar-refractivity contribution in [2.24, 2.45) is 5.92 Å². The second kappa shape index (κ2) is 8.27. The lowest BCUT2D eigenvalue weighted by Crippen LogP contribution is -2.18. The van der Waals surface area contributed by atoms with Gasteiger partial charge in [0.15, 0.2) is 9.84 Å². The van der Waals surface area contributed by atoms with Gasteiger partial charge in [-0.05, 0) is 30.2 Å². The minimum Gasteiger partial charge on any atom is -0.493 e. The van der Waals surface area contributed by atoms with Crippen LogP contribution in [-0.4, -0.2) is 33.1 Å². The first kappa shape index (κ1) is 17.0. The molecular formula is C15H25NO3S. The van der Waals surface area contributed by atoms with Gasteiger partial charge in [-0.25, -0.2) is 8.42 Å². The Balaban J connectivity index is 2.35. The first-order valence-corrected chi connectivity index (χ1v) is 8.88. The summed E-state index contributed by atoms with van der Waals surface area (Å²) in [6.45, 7) is 8.04. The highest BCUT2D eigenvalue weighted by molar-refractivity contribution is 7.91. The van der Waals surface area contributed by atoms with Crippen molar-refractivity contribution in [3.05, 3.63) is 29.8 Å². The average molecular weight is 299 g/mol. The molecule has 0 atom stereocenters. The van der Waals surface area contributed by atoms with Gasteiger partial charge in [0.25, 0.3) is 0 Å². The molecule has 1 aromatic carbocycles. The Morgan fingerprint density at radius 2 is 1.85 bits per heavy atom. The third-order valence-corrected chi connectivity index (χ3v) is 4.58. The summed E-state index contributed by atoms with van der Waals surface area (Å²) in [5.74, 6) is 1.58. The molecule has 0 radical (unpaired) electrons. The molecule has 0 aromatic heterocycles. The SMILES string of the molecule is CCS(=O)(=O)CCOc1ccc(CNCC(C)C)cc1. The molecule has 0 fully saturated rings. The van der Waals surface area contributed by atoms with Gasteiger partial charge in [-0.1, -0.05) is 32.9 Å². The maximum Gasteiger partial charge on any atom is 0.153 e. The van der Waals surface area contributed by atoms with E-state index in [0.717, 1.165) is 13.1 Å². The molecule has 1 aromatic rings. The topological polar surface area (TPSA) is 55.4 Å². The second-order valence-corrected chi connectivity index (χ2v) is 7.73. The van der Waals surface area contributed by atoms with E-state index in [4.69, 9.17) is 4.74 Å². The van der Waals surface area contributed by atoms with Gasteiger partial charge in [-0.3, -0.25) is 0 Å². The zero-order chi connectivity index (χ0) is 15.0. The zero-order valence-electron chi connectivity index (χ0n) is 12.6. The summed E-state index contributed by atoms with van der Waals surface area (Å²) in [7, 11) is -2.95. The van der Waals surface area contributed by atoms with Crippen LogP contribution < -0.4 is 10.1 Å². The quantitative estimate of drug-likeness (QED) is 0.760. The summed E-state index contributed by atoms with van der Waals surface area (Å²) in [5.41, 5.74) is 1.19. The molecule has 0 unspecified atom stereocenters. The lowest BCUT2D eigenvalue weighted by Gasteiger charge is -2.09. The van der Waals surface area contributed by atoms with Gasteiger partial charge in [0.1, 0.15) is 12.4 Å². The molecule has 0 saturated carbocycles. The molecule has 20 heavy (non-hydrogen) atoms. The summed E-state index contributed by atoms with van der Waals surface area (Å²) in [4.78, 5) is 0. The molecule has 0 saturated heterocycles. The fourth-order valence-corrected chi connectivity index (χ4v) is 2.27. The Bertz CT molecular complexity index is 480. The third-order valence-electron chi connectivity index (χ3n) is 2.91. The van der Waals surface area contributed by atoms with E-state index < -0.39 is 9.84 Å². The Kier molecular flexibility index (Phi) is 7.02. The molecule has 0 aliphatic carbocycles. The van der Waals surface area contributed by atoms with Crippen molar-refractivity contribution < 1.29 is 13.2 Å². The third kappa shape index (κ3) is 6.91. The Hall–Kier alpha value is -1.07. The summed E-state index contributed by atoms with van der Waals surface area (Å²) in [6, 6.07) is 7.75. The first-order valence-electron chi connectivity index (χ1n) is 7.06. The second-order valence-electron chi connectivity index (χ2n) is 5.25. The van der Waals surface area contributed by atoms with Crippen LogP contribution in [0.15, 0.2) is 24.3 Å². The minimum absolute atomic E-state index is 0.0706. The van der Waals surface area contributed by atoms with Crippen molar-refractivity contribution >= 4 is 9.84 Å². The van der Waals surface area contributed by atoms with E-state index in [0.29, 0.717) is 11.7 Å². The molecule has 0 heterocycles. The molecule has 5 heteroatoms. The molecule has 0 bridgehead atoms. The Morgan fingerprint density at radius 1 is 1.20 bits per heavy atom. The lowest BCUT2D eigenvalue weighted by molar-refractivity contribution is 0.341. The lowest BCUT2D eigenvalue weighted by atomic mass is 10.2. The Labute approximate surface area is 122 Å². The fraction of sp³-hybridized carbons (Fsp3) is 0.600. The highest BCUT2D eigenvalue weighted by Crippen LogP contribution is 2.12. The van der Waals surface area contributed by atoms with Crippen LogP contribution in [0.25, 0.3) is 0 Å². The number of benzene rings is 1. The Morgan fingerprint density at radius 3 is 2.40 bits per heavy atom. The standard InChI is InChI=1S/C15H25NO3S/c1-4-20(17,18)10-9-19-15-7-5-14(6-8-15)12-16-11-13(2)3/h5-8,13,16H,4,9-12H2,1-3H3. The van der Waals surface area contributed by atoms with Crippen molar-refractivity contribution in [1.82, 2.24) is 5.32 Å². The summed E-state index contributed by atoms with van der Waals surface area (Å²) in [5, 5.41) is 3.37. The molecule has 0 aliphatic rings. The number of sulfone groups is 1. The van der Waals surface area contributed by atoms with Crippen LogP contribution in [0.5, 0.6) is 5.75 Å². The molecule has 114 valence electrons. The first-order chi connectivity index (χ1) is 9.43. The van der Waals surface area contributed by atoms with E-state index in [-0.39, 0.29) is 18.1 Å². The number of hydrogen-bond acceptors (Lipinski definition) is 4. The largest absolute Gasteiger partial charge is 0.493 e. The van der Waals surface area contributed by atoms with Crippen molar-refractivity contribution in [3.8, 4) is 5.75 Å². The fourth-order valence-electron chi connectivity index (χ4n) is 1.64.